The minimum atomic E-state index is -0.0805. The third-order valence-electron chi connectivity index (χ3n) is 3.41. The van der Waals surface area contributed by atoms with Crippen LogP contribution in [0.25, 0.3) is 0 Å². The number of likely N-dealkylation sites (N-methyl/N-ethyl adjacent to an activating group) is 1. The van der Waals surface area contributed by atoms with Gasteiger partial charge in [-0.1, -0.05) is 0 Å². The van der Waals surface area contributed by atoms with Crippen molar-refractivity contribution in [1.29, 1.82) is 0 Å². The Hall–Kier alpha value is -0.120. The van der Waals surface area contributed by atoms with Crippen molar-refractivity contribution >= 4 is 0 Å². The summed E-state index contributed by atoms with van der Waals surface area (Å²) >= 11 is 0. The van der Waals surface area contributed by atoms with Crippen LogP contribution in [0.4, 0.5) is 0 Å². The fraction of sp³-hybridized carbons (Fsp3) is 1.00. The van der Waals surface area contributed by atoms with Crippen LogP contribution in [0.5, 0.6) is 0 Å². The van der Waals surface area contributed by atoms with Gasteiger partial charge in [0.25, 0.3) is 0 Å². The van der Waals surface area contributed by atoms with Gasteiger partial charge in [0, 0.05) is 24.7 Å². The predicted octanol–water partition coefficient (Wildman–Crippen LogP) is 2.51. The van der Waals surface area contributed by atoms with Gasteiger partial charge in [0.1, 0.15) is 0 Å². The Kier molecular flexibility index (Phi) is 6.67. The van der Waals surface area contributed by atoms with E-state index in [2.05, 4.69) is 58.8 Å². The zero-order chi connectivity index (χ0) is 13.7. The molecule has 0 spiro atoms. The molecule has 0 aliphatic carbocycles. The molecule has 3 heteroatoms. The van der Waals surface area contributed by atoms with Crippen LogP contribution in [-0.4, -0.2) is 49.3 Å². The van der Waals surface area contributed by atoms with Crippen molar-refractivity contribution < 1.29 is 4.74 Å². The van der Waals surface area contributed by atoms with E-state index in [9.17, 15) is 0 Å². The van der Waals surface area contributed by atoms with Crippen LogP contribution in [0.2, 0.25) is 0 Å². The highest BCUT2D eigenvalue weighted by Crippen LogP contribution is 2.15. The summed E-state index contributed by atoms with van der Waals surface area (Å²) in [5.41, 5.74) is 0.0723. The Bertz CT molecular complexity index is 212. The molecule has 3 nitrogen and oxygen atoms in total. The van der Waals surface area contributed by atoms with Crippen molar-refractivity contribution in [2.24, 2.45) is 0 Å². The van der Waals surface area contributed by atoms with Crippen molar-refractivity contribution in [1.82, 2.24) is 10.2 Å². The first kappa shape index (κ1) is 16.9. The highest BCUT2D eigenvalue weighted by Gasteiger charge is 2.23. The van der Waals surface area contributed by atoms with Gasteiger partial charge in [0.2, 0.25) is 0 Å². The molecule has 1 N–H and O–H groups in total. The summed E-state index contributed by atoms with van der Waals surface area (Å²) in [5, 5.41) is 3.30. The number of nitrogens with one attached hydrogen (secondary N) is 1. The standard InChI is InChI=1S/C14H32N2O/c1-12(2)16(8)11-14(5,6)17-10-9-13(3,4)15-7/h12,15H,9-11H2,1-8H3. The highest BCUT2D eigenvalue weighted by molar-refractivity contribution is 4.78. The van der Waals surface area contributed by atoms with Crippen LogP contribution in [0.1, 0.15) is 48.0 Å². The van der Waals surface area contributed by atoms with Crippen LogP contribution >= 0.6 is 0 Å². The van der Waals surface area contributed by atoms with Gasteiger partial charge in [-0.05, 0) is 62.1 Å². The van der Waals surface area contributed by atoms with E-state index in [1.807, 2.05) is 7.05 Å². The second kappa shape index (κ2) is 6.72. The Morgan fingerprint density at radius 1 is 1.18 bits per heavy atom. The number of nitrogens with zero attached hydrogens (tertiary/aromatic N) is 1. The maximum absolute atomic E-state index is 6.01. The largest absolute Gasteiger partial charge is 0.374 e. The summed E-state index contributed by atoms with van der Waals surface area (Å²) in [4.78, 5) is 2.32. The number of hydrogen-bond donors (Lipinski definition) is 1. The molecule has 104 valence electrons. The molecule has 0 aliphatic heterocycles. The molecule has 0 aliphatic rings. The predicted molar refractivity (Wildman–Crippen MR) is 75.6 cm³/mol. The van der Waals surface area contributed by atoms with Gasteiger partial charge in [0.05, 0.1) is 5.60 Å². The molecule has 0 saturated carbocycles. The van der Waals surface area contributed by atoms with E-state index in [0.717, 1.165) is 19.6 Å². The van der Waals surface area contributed by atoms with Gasteiger partial charge in [-0.3, -0.25) is 0 Å². The van der Waals surface area contributed by atoms with Gasteiger partial charge in [-0.2, -0.15) is 0 Å². The summed E-state index contributed by atoms with van der Waals surface area (Å²) in [6.45, 7) is 14.9. The SMILES string of the molecule is CNC(C)(C)CCOC(C)(C)CN(C)C(C)C. The van der Waals surface area contributed by atoms with Gasteiger partial charge in [-0.25, -0.2) is 0 Å². The second-order valence-electron chi connectivity index (χ2n) is 6.50. The molecule has 0 atom stereocenters. The van der Waals surface area contributed by atoms with E-state index in [-0.39, 0.29) is 11.1 Å². The Morgan fingerprint density at radius 2 is 1.71 bits per heavy atom. The average molecular weight is 244 g/mol. The minimum Gasteiger partial charge on any atom is -0.374 e. The molecule has 0 radical (unpaired) electrons. The van der Waals surface area contributed by atoms with Crippen LogP contribution in [0.3, 0.4) is 0 Å². The normalized spacial score (nSPS) is 13.8. The number of hydrogen-bond acceptors (Lipinski definition) is 3. The molecule has 0 aromatic heterocycles. The van der Waals surface area contributed by atoms with E-state index < -0.39 is 0 Å². The smallest absolute Gasteiger partial charge is 0.0752 e. The van der Waals surface area contributed by atoms with Crippen molar-refractivity contribution in [3.05, 3.63) is 0 Å². The van der Waals surface area contributed by atoms with Crippen molar-refractivity contribution in [3.8, 4) is 0 Å². The van der Waals surface area contributed by atoms with Crippen LogP contribution in [-0.2, 0) is 4.74 Å². The maximum atomic E-state index is 6.01. The molecule has 0 aromatic rings. The maximum Gasteiger partial charge on any atom is 0.0752 e. The van der Waals surface area contributed by atoms with Crippen molar-refractivity contribution in [2.75, 3.05) is 27.2 Å². The van der Waals surface area contributed by atoms with Crippen LogP contribution < -0.4 is 5.32 Å². The van der Waals surface area contributed by atoms with Crippen LogP contribution in [0, 0.1) is 0 Å². The van der Waals surface area contributed by atoms with Gasteiger partial charge >= 0.3 is 0 Å². The first-order valence-electron chi connectivity index (χ1n) is 6.63. The Balaban J connectivity index is 4.02. The molecule has 0 bridgehead atoms. The first-order chi connectivity index (χ1) is 7.59. The fourth-order valence-corrected chi connectivity index (χ4v) is 1.54. The molecule has 0 fully saturated rings. The molecule has 0 aromatic carbocycles. The van der Waals surface area contributed by atoms with E-state index in [1.54, 1.807) is 0 Å². The summed E-state index contributed by atoms with van der Waals surface area (Å²) in [7, 11) is 4.14. The summed E-state index contributed by atoms with van der Waals surface area (Å²) < 4.78 is 6.01. The molecular formula is C14H32N2O. The molecule has 0 rings (SSSR count). The Morgan fingerprint density at radius 3 is 2.12 bits per heavy atom. The fourth-order valence-electron chi connectivity index (χ4n) is 1.54. The molecular weight excluding hydrogens is 212 g/mol. The number of rotatable bonds is 8. The third-order valence-corrected chi connectivity index (χ3v) is 3.41. The van der Waals surface area contributed by atoms with E-state index in [1.165, 1.54) is 0 Å². The zero-order valence-electron chi connectivity index (χ0n) is 13.1. The lowest BCUT2D eigenvalue weighted by atomic mass is 10.0. The third kappa shape index (κ3) is 7.74. The summed E-state index contributed by atoms with van der Waals surface area (Å²) in [6, 6.07) is 0.562. The van der Waals surface area contributed by atoms with Crippen LogP contribution in [0.15, 0.2) is 0 Å². The monoisotopic (exact) mass is 244 g/mol. The lowest BCUT2D eigenvalue weighted by Crippen LogP contribution is -2.43. The minimum absolute atomic E-state index is 0.0805. The molecule has 0 saturated heterocycles. The van der Waals surface area contributed by atoms with Gasteiger partial charge in [0.15, 0.2) is 0 Å². The second-order valence-corrected chi connectivity index (χ2v) is 6.50. The summed E-state index contributed by atoms with van der Waals surface area (Å²) in [6.07, 6.45) is 1.03. The van der Waals surface area contributed by atoms with Crippen molar-refractivity contribution in [2.45, 2.75) is 65.1 Å². The lowest BCUT2D eigenvalue weighted by molar-refractivity contribution is -0.0463. The Labute approximate surface area is 108 Å². The zero-order valence-corrected chi connectivity index (χ0v) is 13.1. The molecule has 0 heterocycles. The highest BCUT2D eigenvalue weighted by atomic mass is 16.5. The van der Waals surface area contributed by atoms with Gasteiger partial charge < -0.3 is 15.0 Å². The quantitative estimate of drug-likeness (QED) is 0.710. The van der Waals surface area contributed by atoms with E-state index in [0.29, 0.717) is 6.04 Å². The van der Waals surface area contributed by atoms with Crippen molar-refractivity contribution in [3.63, 3.8) is 0 Å². The topological polar surface area (TPSA) is 24.5 Å². The first-order valence-corrected chi connectivity index (χ1v) is 6.63. The van der Waals surface area contributed by atoms with Gasteiger partial charge in [-0.15, -0.1) is 0 Å². The lowest BCUT2D eigenvalue weighted by Gasteiger charge is -2.34. The summed E-state index contributed by atoms with van der Waals surface area (Å²) in [5.74, 6) is 0. The van der Waals surface area contributed by atoms with E-state index in [4.69, 9.17) is 4.74 Å². The molecule has 0 amide bonds. The van der Waals surface area contributed by atoms with E-state index >= 15 is 0 Å². The average Bonchev–Trinajstić information content (AvgIpc) is 2.16. The number of ether oxygens (including phenoxy) is 1. The molecule has 0 unspecified atom stereocenters. The molecule has 17 heavy (non-hydrogen) atoms.